The molecule has 0 bridgehead atoms. The highest BCUT2D eigenvalue weighted by molar-refractivity contribution is 7.09. The zero-order valence-electron chi connectivity index (χ0n) is 12.0. The Balaban J connectivity index is 2.42. The summed E-state index contributed by atoms with van der Waals surface area (Å²) in [4.78, 5) is 4.56. The number of rotatable bonds is 4. The van der Waals surface area contributed by atoms with E-state index in [0.717, 1.165) is 24.4 Å². The lowest BCUT2D eigenvalue weighted by atomic mass is 9.79. The van der Waals surface area contributed by atoms with Gasteiger partial charge in [-0.05, 0) is 40.7 Å². The van der Waals surface area contributed by atoms with Crippen molar-refractivity contribution in [2.45, 2.75) is 64.2 Å². The molecule has 1 aliphatic heterocycles. The Kier molecular flexibility index (Phi) is 3.56. The molecule has 0 radical (unpaired) electrons. The van der Waals surface area contributed by atoms with Gasteiger partial charge in [0.05, 0.1) is 11.2 Å². The van der Waals surface area contributed by atoms with Crippen LogP contribution in [-0.4, -0.2) is 22.7 Å². The number of ether oxygens (including phenoxy) is 1. The molecule has 0 aliphatic carbocycles. The first-order valence-electron chi connectivity index (χ1n) is 6.68. The summed E-state index contributed by atoms with van der Waals surface area (Å²) in [6.07, 6.45) is 3.96. The molecule has 1 fully saturated rings. The lowest BCUT2D eigenvalue weighted by Crippen LogP contribution is -2.54. The molecule has 1 N–H and O–H groups in total. The number of aromatic nitrogens is 1. The Bertz CT molecular complexity index is 400. The second-order valence-corrected chi connectivity index (χ2v) is 7.11. The van der Waals surface area contributed by atoms with Gasteiger partial charge in [0.1, 0.15) is 10.5 Å². The summed E-state index contributed by atoms with van der Waals surface area (Å²) >= 11 is 1.72. The fourth-order valence-corrected chi connectivity index (χ4v) is 4.09. The van der Waals surface area contributed by atoms with Crippen LogP contribution in [0.15, 0.2) is 11.6 Å². The Morgan fingerprint density at radius 3 is 2.56 bits per heavy atom. The minimum absolute atomic E-state index is 0.115. The van der Waals surface area contributed by atoms with Crippen molar-refractivity contribution >= 4 is 11.3 Å². The van der Waals surface area contributed by atoms with Crippen LogP contribution >= 0.6 is 11.3 Å². The van der Waals surface area contributed by atoms with E-state index in [-0.39, 0.29) is 16.7 Å². The van der Waals surface area contributed by atoms with Crippen LogP contribution in [0.2, 0.25) is 0 Å². The number of hydrogen-bond acceptors (Lipinski definition) is 4. The minimum Gasteiger partial charge on any atom is -0.367 e. The average Bonchev–Trinajstić information content (AvgIpc) is 2.80. The van der Waals surface area contributed by atoms with E-state index in [1.165, 1.54) is 0 Å². The normalized spacial score (nSPS) is 29.6. The smallest absolute Gasteiger partial charge is 0.116 e. The van der Waals surface area contributed by atoms with Crippen molar-refractivity contribution in [2.75, 3.05) is 6.54 Å². The second kappa shape index (κ2) is 4.58. The fourth-order valence-electron chi connectivity index (χ4n) is 3.12. The minimum atomic E-state index is -0.247. The molecule has 0 spiro atoms. The maximum Gasteiger partial charge on any atom is 0.116 e. The molecular weight excluding hydrogens is 244 g/mol. The van der Waals surface area contributed by atoms with Crippen LogP contribution in [0.5, 0.6) is 0 Å². The Hall–Kier alpha value is -0.450. The van der Waals surface area contributed by atoms with Crippen molar-refractivity contribution in [2.24, 2.45) is 0 Å². The first-order valence-corrected chi connectivity index (χ1v) is 7.56. The number of nitrogens with zero attached hydrogens (tertiary/aromatic N) is 1. The molecule has 0 aromatic carbocycles. The second-order valence-electron chi connectivity index (χ2n) is 6.22. The van der Waals surface area contributed by atoms with Gasteiger partial charge < -0.3 is 10.1 Å². The molecule has 2 heterocycles. The quantitative estimate of drug-likeness (QED) is 0.909. The molecule has 1 aromatic heterocycles. The lowest BCUT2D eigenvalue weighted by Gasteiger charge is -2.39. The van der Waals surface area contributed by atoms with Crippen LogP contribution in [0, 0.1) is 0 Å². The summed E-state index contributed by atoms with van der Waals surface area (Å²) in [6, 6.07) is 0. The standard InChI is InChI=1S/C14H24N2OS/c1-6-7-16-14(11-15-8-9-18-11)10-12(2,3)17-13(14,4)5/h8-9,16H,6-7,10H2,1-5H3. The van der Waals surface area contributed by atoms with Crippen molar-refractivity contribution in [3.63, 3.8) is 0 Å². The molecular formula is C14H24N2OS. The van der Waals surface area contributed by atoms with Gasteiger partial charge >= 0.3 is 0 Å². The van der Waals surface area contributed by atoms with E-state index >= 15 is 0 Å². The summed E-state index contributed by atoms with van der Waals surface area (Å²) in [6.45, 7) is 11.9. The summed E-state index contributed by atoms with van der Waals surface area (Å²) in [5.74, 6) is 0. The first kappa shape index (κ1) is 14.0. The van der Waals surface area contributed by atoms with Crippen LogP contribution in [0.3, 0.4) is 0 Å². The highest BCUT2D eigenvalue weighted by atomic mass is 32.1. The van der Waals surface area contributed by atoms with E-state index in [9.17, 15) is 0 Å². The van der Waals surface area contributed by atoms with Crippen molar-refractivity contribution < 1.29 is 4.74 Å². The molecule has 102 valence electrons. The van der Waals surface area contributed by atoms with Gasteiger partial charge in [0.25, 0.3) is 0 Å². The molecule has 4 heteroatoms. The van der Waals surface area contributed by atoms with Crippen molar-refractivity contribution in [1.82, 2.24) is 10.3 Å². The van der Waals surface area contributed by atoms with Gasteiger partial charge in [0, 0.05) is 18.0 Å². The monoisotopic (exact) mass is 268 g/mol. The third-order valence-corrected chi connectivity index (χ3v) is 4.66. The van der Waals surface area contributed by atoms with Crippen molar-refractivity contribution in [3.8, 4) is 0 Å². The van der Waals surface area contributed by atoms with E-state index in [1.807, 2.05) is 11.6 Å². The van der Waals surface area contributed by atoms with Gasteiger partial charge in [0.2, 0.25) is 0 Å². The maximum absolute atomic E-state index is 6.28. The fraction of sp³-hybridized carbons (Fsp3) is 0.786. The summed E-state index contributed by atoms with van der Waals surface area (Å²) in [5, 5.41) is 6.91. The molecule has 1 saturated heterocycles. The Morgan fingerprint density at radius 1 is 1.39 bits per heavy atom. The van der Waals surface area contributed by atoms with Crippen LogP contribution in [0.1, 0.15) is 52.5 Å². The molecule has 3 nitrogen and oxygen atoms in total. The van der Waals surface area contributed by atoms with Crippen LogP contribution in [0.25, 0.3) is 0 Å². The third kappa shape index (κ3) is 2.22. The van der Waals surface area contributed by atoms with Gasteiger partial charge in [-0.1, -0.05) is 6.92 Å². The lowest BCUT2D eigenvalue weighted by molar-refractivity contribution is -0.0843. The third-order valence-electron chi connectivity index (χ3n) is 3.72. The Morgan fingerprint density at radius 2 is 2.11 bits per heavy atom. The zero-order valence-corrected chi connectivity index (χ0v) is 12.9. The van der Waals surface area contributed by atoms with E-state index in [1.54, 1.807) is 11.3 Å². The first-order chi connectivity index (χ1) is 8.33. The predicted octanol–water partition coefficient (Wildman–Crippen LogP) is 3.32. The molecule has 1 aliphatic rings. The van der Waals surface area contributed by atoms with Crippen LogP contribution in [-0.2, 0) is 10.3 Å². The largest absolute Gasteiger partial charge is 0.367 e. The van der Waals surface area contributed by atoms with E-state index in [0.29, 0.717) is 0 Å². The molecule has 2 rings (SSSR count). The maximum atomic E-state index is 6.28. The molecule has 1 aromatic rings. The molecule has 0 amide bonds. The number of nitrogens with one attached hydrogen (secondary N) is 1. The summed E-state index contributed by atoms with van der Waals surface area (Å²) in [7, 11) is 0. The Labute approximate surface area is 114 Å². The average molecular weight is 268 g/mol. The molecule has 0 saturated carbocycles. The van der Waals surface area contributed by atoms with E-state index < -0.39 is 0 Å². The predicted molar refractivity (Wildman–Crippen MR) is 75.9 cm³/mol. The SMILES string of the molecule is CCCNC1(c2nccs2)CC(C)(C)OC1(C)C. The van der Waals surface area contributed by atoms with Gasteiger partial charge in [-0.2, -0.15) is 0 Å². The summed E-state index contributed by atoms with van der Waals surface area (Å²) < 4.78 is 6.28. The number of thiazole rings is 1. The molecule has 1 atom stereocenters. The number of hydrogen-bond donors (Lipinski definition) is 1. The molecule has 18 heavy (non-hydrogen) atoms. The highest BCUT2D eigenvalue weighted by Crippen LogP contribution is 2.51. The van der Waals surface area contributed by atoms with Gasteiger partial charge in [-0.15, -0.1) is 11.3 Å². The zero-order chi connectivity index (χ0) is 13.4. The van der Waals surface area contributed by atoms with Crippen molar-refractivity contribution in [1.29, 1.82) is 0 Å². The topological polar surface area (TPSA) is 34.2 Å². The van der Waals surface area contributed by atoms with Crippen LogP contribution in [0.4, 0.5) is 0 Å². The van der Waals surface area contributed by atoms with Gasteiger partial charge in [0.15, 0.2) is 0 Å². The van der Waals surface area contributed by atoms with Crippen LogP contribution < -0.4 is 5.32 Å². The van der Waals surface area contributed by atoms with Gasteiger partial charge in [-0.3, -0.25) is 0 Å². The van der Waals surface area contributed by atoms with E-state index in [4.69, 9.17) is 4.74 Å². The highest BCUT2D eigenvalue weighted by Gasteiger charge is 2.59. The molecule has 1 unspecified atom stereocenters. The summed E-state index contributed by atoms with van der Waals surface area (Å²) in [5.41, 5.74) is -0.528. The van der Waals surface area contributed by atoms with Gasteiger partial charge in [-0.25, -0.2) is 4.98 Å². The van der Waals surface area contributed by atoms with Crippen molar-refractivity contribution in [3.05, 3.63) is 16.6 Å². The van der Waals surface area contributed by atoms with E-state index in [2.05, 4.69) is 44.9 Å².